The molecule has 51 heavy (non-hydrogen) atoms. The number of halogens is 3. The van der Waals surface area contributed by atoms with Gasteiger partial charge in [-0.3, -0.25) is 19.2 Å². The predicted octanol–water partition coefficient (Wildman–Crippen LogP) is 2.90. The molecule has 0 aliphatic carbocycles. The van der Waals surface area contributed by atoms with Gasteiger partial charge in [0.05, 0.1) is 6.04 Å². The molecule has 276 valence electrons. The molecule has 0 spiro atoms. The fourth-order valence-electron chi connectivity index (χ4n) is 5.10. The predicted molar refractivity (Wildman–Crippen MR) is 189 cm³/mol. The van der Waals surface area contributed by atoms with E-state index >= 15 is 0 Å². The molecule has 15 heteroatoms. The molecule has 6 atom stereocenters. The van der Waals surface area contributed by atoms with Crippen LogP contribution in [0.25, 0.3) is 11.1 Å². The fourth-order valence-corrected chi connectivity index (χ4v) is 5.57. The van der Waals surface area contributed by atoms with Gasteiger partial charge in [0, 0.05) is 12.0 Å². The summed E-state index contributed by atoms with van der Waals surface area (Å²) in [6.45, 7) is 1.23. The molecule has 0 radical (unpaired) electrons. The van der Waals surface area contributed by atoms with E-state index in [4.69, 9.17) is 5.73 Å². The van der Waals surface area contributed by atoms with Gasteiger partial charge in [-0.15, -0.1) is 0 Å². The minimum absolute atomic E-state index is 0.0132. The van der Waals surface area contributed by atoms with Crippen molar-refractivity contribution in [2.24, 2.45) is 5.73 Å². The van der Waals surface area contributed by atoms with Crippen molar-refractivity contribution in [1.29, 1.82) is 0 Å². The van der Waals surface area contributed by atoms with Crippen LogP contribution in [-0.4, -0.2) is 88.5 Å². The van der Waals surface area contributed by atoms with Gasteiger partial charge in [-0.25, -0.2) is 0 Å². The standard InChI is InChI=1S/C36H44F3N5O6S/c1-22(32(47)42-27(17-18-30(40)45)31(46)36(37,38)39)41-35(50)29(21-23-9-5-3-6-10-23)44-34(49)28(19-20-51-2)43-33(48)26-15-13-25(14-16-26)24-11-7-4-8-12-24/h3-16,22,27-31,45-46H,17-21,40H2,1-2H3,(H,41,50)(H,42,47)(H,43,48)(H,44,49). The Hall–Kier alpha value is -4.44. The highest BCUT2D eigenvalue weighted by Gasteiger charge is 2.44. The number of carbonyl (C=O) groups excluding carboxylic acids is 4. The van der Waals surface area contributed by atoms with Crippen molar-refractivity contribution >= 4 is 35.4 Å². The van der Waals surface area contributed by atoms with Gasteiger partial charge in [0.1, 0.15) is 24.4 Å². The Kier molecular flexibility index (Phi) is 15.9. The monoisotopic (exact) mass is 731 g/mol. The normalized spacial score (nSPS) is 15.0. The molecule has 0 saturated carbocycles. The van der Waals surface area contributed by atoms with E-state index in [-0.39, 0.29) is 19.3 Å². The number of alkyl halides is 3. The van der Waals surface area contributed by atoms with Crippen molar-refractivity contribution in [2.45, 2.75) is 75.3 Å². The molecule has 0 bridgehead atoms. The highest BCUT2D eigenvalue weighted by atomic mass is 32.2. The fraction of sp³-hybridized carbons (Fsp3) is 0.389. The SMILES string of the molecule is CSCCC(NC(=O)c1ccc(-c2ccccc2)cc1)C(=O)NC(Cc1ccccc1)C(=O)NC(C)C(=O)NC(CCC(N)O)C(O)C(F)(F)F. The Bertz CT molecular complexity index is 1570. The Morgan fingerprint density at radius 3 is 1.86 bits per heavy atom. The summed E-state index contributed by atoms with van der Waals surface area (Å²) in [7, 11) is 0. The maximum Gasteiger partial charge on any atom is 0.416 e. The average molecular weight is 732 g/mol. The molecule has 6 unspecified atom stereocenters. The van der Waals surface area contributed by atoms with Gasteiger partial charge in [0.25, 0.3) is 5.91 Å². The number of carbonyl (C=O) groups is 4. The number of aliphatic hydroxyl groups excluding tert-OH is 2. The minimum atomic E-state index is -5.08. The van der Waals surface area contributed by atoms with Gasteiger partial charge in [-0.05, 0) is 67.0 Å². The van der Waals surface area contributed by atoms with E-state index in [1.807, 2.05) is 36.6 Å². The molecule has 8 N–H and O–H groups in total. The summed E-state index contributed by atoms with van der Waals surface area (Å²) >= 11 is 1.46. The zero-order chi connectivity index (χ0) is 37.6. The van der Waals surface area contributed by atoms with Gasteiger partial charge in [-0.1, -0.05) is 72.8 Å². The van der Waals surface area contributed by atoms with E-state index in [0.717, 1.165) is 11.1 Å². The van der Waals surface area contributed by atoms with Crippen molar-refractivity contribution in [3.8, 4) is 11.1 Å². The van der Waals surface area contributed by atoms with E-state index in [1.54, 1.807) is 54.6 Å². The maximum absolute atomic E-state index is 13.7. The van der Waals surface area contributed by atoms with Crippen molar-refractivity contribution in [1.82, 2.24) is 21.3 Å². The summed E-state index contributed by atoms with van der Waals surface area (Å²) in [6, 6.07) is 19.6. The summed E-state index contributed by atoms with van der Waals surface area (Å²) in [6.07, 6.45) is -8.30. The van der Waals surface area contributed by atoms with Crippen LogP contribution in [0, 0.1) is 0 Å². The third-order valence-corrected chi connectivity index (χ3v) is 8.62. The summed E-state index contributed by atoms with van der Waals surface area (Å²) in [5.41, 5.74) is 8.10. The summed E-state index contributed by atoms with van der Waals surface area (Å²) in [5.74, 6) is -2.50. The topological polar surface area (TPSA) is 183 Å². The quantitative estimate of drug-likeness (QED) is 0.0976. The summed E-state index contributed by atoms with van der Waals surface area (Å²) in [4.78, 5) is 53.4. The molecule has 0 saturated heterocycles. The van der Waals surface area contributed by atoms with Crippen LogP contribution in [0.15, 0.2) is 84.9 Å². The lowest BCUT2D eigenvalue weighted by atomic mass is 10.0. The first kappa shape index (κ1) is 41.0. The molecule has 3 aromatic rings. The zero-order valence-corrected chi connectivity index (χ0v) is 29.0. The number of benzene rings is 3. The largest absolute Gasteiger partial charge is 0.416 e. The highest BCUT2D eigenvalue weighted by Crippen LogP contribution is 2.25. The van der Waals surface area contributed by atoms with Gasteiger partial charge in [0.15, 0.2) is 6.10 Å². The Labute approximate surface area is 299 Å². The van der Waals surface area contributed by atoms with Crippen molar-refractivity contribution in [2.75, 3.05) is 12.0 Å². The van der Waals surface area contributed by atoms with Gasteiger partial charge >= 0.3 is 6.18 Å². The lowest BCUT2D eigenvalue weighted by Crippen LogP contribution is -2.58. The lowest BCUT2D eigenvalue weighted by molar-refractivity contribution is -0.213. The maximum atomic E-state index is 13.7. The van der Waals surface area contributed by atoms with E-state index in [0.29, 0.717) is 16.9 Å². The van der Waals surface area contributed by atoms with Crippen LogP contribution in [0.5, 0.6) is 0 Å². The van der Waals surface area contributed by atoms with Crippen molar-refractivity contribution in [3.63, 3.8) is 0 Å². The molecule has 3 aromatic carbocycles. The van der Waals surface area contributed by atoms with Gasteiger partial charge < -0.3 is 37.2 Å². The van der Waals surface area contributed by atoms with Gasteiger partial charge in [0.2, 0.25) is 17.7 Å². The molecule has 0 aromatic heterocycles. The first-order valence-electron chi connectivity index (χ1n) is 16.3. The van der Waals surface area contributed by atoms with Crippen molar-refractivity contribution < 1.29 is 42.6 Å². The Balaban J connectivity index is 1.75. The first-order valence-corrected chi connectivity index (χ1v) is 17.7. The summed E-state index contributed by atoms with van der Waals surface area (Å²) in [5, 5.41) is 29.1. The van der Waals surface area contributed by atoms with E-state index < -0.39 is 72.7 Å². The van der Waals surface area contributed by atoms with E-state index in [1.165, 1.54) is 18.7 Å². The third-order valence-electron chi connectivity index (χ3n) is 7.97. The lowest BCUT2D eigenvalue weighted by Gasteiger charge is -2.28. The molecule has 4 amide bonds. The highest BCUT2D eigenvalue weighted by molar-refractivity contribution is 7.98. The molecule has 0 aliphatic heterocycles. The number of rotatable bonds is 18. The second-order valence-corrected chi connectivity index (χ2v) is 13.0. The van der Waals surface area contributed by atoms with Gasteiger partial charge in [-0.2, -0.15) is 24.9 Å². The molecular weight excluding hydrogens is 687 g/mol. The van der Waals surface area contributed by atoms with Crippen LogP contribution in [0.1, 0.15) is 42.1 Å². The number of hydrogen-bond acceptors (Lipinski definition) is 8. The second kappa shape index (κ2) is 19.8. The first-order chi connectivity index (χ1) is 24.2. The number of hydrogen-bond donors (Lipinski definition) is 7. The molecule has 0 heterocycles. The van der Waals surface area contributed by atoms with Crippen LogP contribution in [0.3, 0.4) is 0 Å². The van der Waals surface area contributed by atoms with E-state index in [9.17, 15) is 42.6 Å². The van der Waals surface area contributed by atoms with E-state index in [2.05, 4.69) is 21.3 Å². The average Bonchev–Trinajstić information content (AvgIpc) is 3.11. The van der Waals surface area contributed by atoms with Crippen LogP contribution in [-0.2, 0) is 20.8 Å². The summed E-state index contributed by atoms with van der Waals surface area (Å²) < 4.78 is 39.9. The Morgan fingerprint density at radius 1 is 0.725 bits per heavy atom. The van der Waals surface area contributed by atoms with Crippen LogP contribution in [0.2, 0.25) is 0 Å². The van der Waals surface area contributed by atoms with Crippen LogP contribution < -0.4 is 27.0 Å². The number of nitrogens with two attached hydrogens (primary N) is 1. The molecule has 0 fully saturated rings. The second-order valence-electron chi connectivity index (χ2n) is 12.0. The molecule has 0 aliphatic rings. The van der Waals surface area contributed by atoms with Crippen LogP contribution in [0.4, 0.5) is 13.2 Å². The molecular formula is C36H44F3N5O6S. The number of nitrogens with one attached hydrogen (secondary N) is 4. The third kappa shape index (κ3) is 13.3. The molecule has 3 rings (SSSR count). The van der Waals surface area contributed by atoms with Crippen LogP contribution >= 0.6 is 11.8 Å². The molecule has 11 nitrogen and oxygen atoms in total. The number of amides is 4. The number of aliphatic hydroxyl groups is 2. The smallest absolute Gasteiger partial charge is 0.382 e. The minimum Gasteiger partial charge on any atom is -0.382 e. The Morgan fingerprint density at radius 2 is 1.29 bits per heavy atom. The number of thioether (sulfide) groups is 1. The van der Waals surface area contributed by atoms with Crippen molar-refractivity contribution in [3.05, 3.63) is 96.1 Å². The zero-order valence-electron chi connectivity index (χ0n) is 28.2.